The van der Waals surface area contributed by atoms with E-state index in [0.717, 1.165) is 149 Å². The maximum atomic E-state index is 13.8. The third kappa shape index (κ3) is 9.76. The first-order valence-corrected chi connectivity index (χ1v) is 30.0. The van der Waals surface area contributed by atoms with Crippen molar-refractivity contribution >= 4 is 54.2 Å². The van der Waals surface area contributed by atoms with Crippen LogP contribution in [0.5, 0.6) is 11.5 Å². The highest BCUT2D eigenvalue weighted by atomic mass is 32.2. The number of ether oxygens (including phenoxy) is 2. The van der Waals surface area contributed by atoms with Gasteiger partial charge >= 0.3 is 0 Å². The number of sulfonamides is 1. The minimum absolute atomic E-state index is 0.0927. The molecule has 19 nitrogen and oxygen atoms in total. The summed E-state index contributed by atoms with van der Waals surface area (Å²) in [7, 11) is -9.13. The lowest BCUT2D eigenvalue weighted by Gasteiger charge is -2.39. The first-order valence-electron chi connectivity index (χ1n) is 27.0. The molecule has 5 N–H and O–H groups in total. The van der Waals surface area contributed by atoms with E-state index < -0.39 is 49.6 Å². The topological polar surface area (TPSA) is 241 Å². The number of hydrogen-bond acceptors (Lipinski definition) is 15. The molecule has 12 rings (SSSR count). The van der Waals surface area contributed by atoms with E-state index in [-0.39, 0.29) is 22.8 Å². The highest BCUT2D eigenvalue weighted by Crippen LogP contribution is 2.49. The van der Waals surface area contributed by atoms with Gasteiger partial charge in [-0.1, -0.05) is 18.9 Å². The average molecular weight is 1070 g/mol. The van der Waals surface area contributed by atoms with Crippen molar-refractivity contribution in [2.24, 2.45) is 0 Å². The van der Waals surface area contributed by atoms with Crippen LogP contribution in [0.4, 0.5) is 11.5 Å². The van der Waals surface area contributed by atoms with E-state index in [4.69, 9.17) is 9.47 Å². The number of carbonyl (C=O) groups excluding carboxylic acids is 1. The fourth-order valence-corrected chi connectivity index (χ4v) is 14.4. The Labute approximate surface area is 436 Å². The number of nitrogens with zero attached hydrogens (tertiary/aromatic N) is 7. The van der Waals surface area contributed by atoms with Crippen LogP contribution in [0.25, 0.3) is 16.7 Å². The molecule has 1 unspecified atom stereocenters. The summed E-state index contributed by atoms with van der Waals surface area (Å²) in [6.07, 6.45) is 11.8. The lowest BCUT2D eigenvalue weighted by atomic mass is 9.82. The Morgan fingerprint density at radius 1 is 0.773 bits per heavy atom. The molecule has 0 amide bonds. The number of aromatic nitrogens is 4. The molecule has 4 atom stereocenters. The van der Waals surface area contributed by atoms with Crippen LogP contribution in [0.15, 0.2) is 52.8 Å². The van der Waals surface area contributed by atoms with Crippen molar-refractivity contribution in [2.75, 3.05) is 69.1 Å². The van der Waals surface area contributed by atoms with Crippen LogP contribution in [-0.4, -0.2) is 139 Å². The number of fused-ring (bicyclic) bond motifs is 5. The third-order valence-electron chi connectivity index (χ3n) is 16.3. The zero-order valence-corrected chi connectivity index (χ0v) is 43.8. The molecule has 0 saturated carbocycles. The Morgan fingerprint density at radius 3 is 2.31 bits per heavy atom. The molecule has 0 aliphatic carbocycles. The fourth-order valence-electron chi connectivity index (χ4n) is 12.5. The monoisotopic (exact) mass is 1060 g/mol. The standard InChI is InChI=1S/C54H65N9O10S2/c64-35(13-3-1-5-19-55-52-45-53(57-31-56-52)63(32-58-45)54-49(66)48(65)42(72-54)30-60-25-26-60)14-4-2-6-20-59-74(67,68)36-17-18-37(43(29-36)75(69,70)71)44-40-27-33-11-7-21-61-23-9-15-38(46(33)61)50(40)73-51-39-16-10-24-62-22-8-12-34(47(39)62)28-41(44)51/h17-18,27-29,31-32,42,48-49,54,59,65-66H,1-16,19-26,30H2,(H-,55,56,57,69,70,71)/p+1/t42-,48?,49+,54-/m1/s1. The Balaban J connectivity index is 0.664. The summed E-state index contributed by atoms with van der Waals surface area (Å²) in [4.78, 5) is 29.9. The van der Waals surface area contributed by atoms with Gasteiger partial charge in [-0.3, -0.25) is 18.8 Å². The van der Waals surface area contributed by atoms with Crippen molar-refractivity contribution in [3.8, 4) is 11.5 Å². The zero-order chi connectivity index (χ0) is 51.6. The number of aliphatic hydroxyl groups excluding tert-OH is 2. The van der Waals surface area contributed by atoms with E-state index in [1.807, 2.05) is 0 Å². The van der Waals surface area contributed by atoms with Crippen molar-refractivity contribution in [3.05, 3.63) is 86.9 Å². The largest absolute Gasteiger partial charge is 0.455 e. The molecule has 2 saturated heterocycles. The van der Waals surface area contributed by atoms with Crippen LogP contribution < -0.4 is 34.8 Å². The molecular formula is C54H66N9O10S2+. The van der Waals surface area contributed by atoms with Crippen LogP contribution in [0.2, 0.25) is 0 Å². The first kappa shape index (κ1) is 50.4. The highest BCUT2D eigenvalue weighted by molar-refractivity contribution is 7.89. The Hall–Kier alpha value is -5.39. The second kappa shape index (κ2) is 20.5. The van der Waals surface area contributed by atoms with Crippen LogP contribution in [0, 0.1) is 0 Å². The summed E-state index contributed by atoms with van der Waals surface area (Å²) in [6, 6.07) is 8.33. The summed E-state index contributed by atoms with van der Waals surface area (Å²) < 4.78 is 85.5. The maximum absolute atomic E-state index is 13.8. The van der Waals surface area contributed by atoms with Gasteiger partial charge in [-0.2, -0.15) is 8.42 Å². The van der Waals surface area contributed by atoms with Crippen molar-refractivity contribution < 1.29 is 45.9 Å². The number of Topliss-reactive ketones (excluding diaryl/α,β-unsaturated/α-hetero) is 1. The molecule has 2 aromatic heterocycles. The van der Waals surface area contributed by atoms with Crippen molar-refractivity contribution in [2.45, 2.75) is 137 Å². The number of aryl methyl sites for hydroxylation is 2. The van der Waals surface area contributed by atoms with E-state index in [0.29, 0.717) is 67.7 Å². The molecule has 2 fully saturated rings. The SMILES string of the molecule is O=C(CCCCCNc1ncnc2c1ncn2[C@@H]1O[C@H](CN2CC2)C(O)[C@@H]1O)CCCCCNS(=O)(=O)c1ccc(C2=c3cc4c5c(c3Oc3c2cc2c6c3CCCN6CCC2)CCC[N+]=5CCC4)c(S(=O)(=O)O)c1. The molecule has 7 aliphatic heterocycles. The van der Waals surface area contributed by atoms with Crippen molar-refractivity contribution in [1.82, 2.24) is 33.7 Å². The van der Waals surface area contributed by atoms with Gasteiger partial charge in [0.25, 0.3) is 10.1 Å². The van der Waals surface area contributed by atoms with E-state index in [2.05, 4.69) is 51.5 Å². The fraction of sp³-hybridized carbons (Fsp3) is 0.537. The maximum Gasteiger partial charge on any atom is 0.295 e. The molecule has 5 aromatic rings. The number of ketones is 1. The van der Waals surface area contributed by atoms with Gasteiger partial charge in [-0.05, 0) is 94.0 Å². The van der Waals surface area contributed by atoms with Gasteiger partial charge in [0.05, 0.1) is 16.8 Å². The molecule has 398 valence electrons. The number of hydrogen-bond donors (Lipinski definition) is 5. The van der Waals surface area contributed by atoms with Gasteiger partial charge in [0.1, 0.15) is 59.9 Å². The van der Waals surface area contributed by atoms with Crippen LogP contribution in [-0.2, 0) is 55.4 Å². The summed E-state index contributed by atoms with van der Waals surface area (Å²) in [5, 5.41) is 26.7. The molecule has 0 spiro atoms. The van der Waals surface area contributed by atoms with Gasteiger partial charge in [-0.15, -0.1) is 0 Å². The number of unbranched alkanes of at least 4 members (excludes halogenated alkanes) is 4. The number of nitrogens with one attached hydrogen (secondary N) is 2. The Bertz CT molecular complexity index is 3450. The molecule has 0 radical (unpaired) electrons. The predicted octanol–water partition coefficient (Wildman–Crippen LogP) is 3.52. The van der Waals surface area contributed by atoms with E-state index in [9.17, 15) is 36.4 Å². The zero-order valence-electron chi connectivity index (χ0n) is 42.2. The number of rotatable bonds is 20. The molecule has 75 heavy (non-hydrogen) atoms. The van der Waals surface area contributed by atoms with Crippen LogP contribution in [0.3, 0.4) is 0 Å². The summed E-state index contributed by atoms with van der Waals surface area (Å²) in [5.74, 6) is 2.15. The molecule has 21 heteroatoms. The van der Waals surface area contributed by atoms with Gasteiger partial charge in [0, 0.05) is 110 Å². The quantitative estimate of drug-likeness (QED) is 0.0318. The molecule has 9 heterocycles. The third-order valence-corrected chi connectivity index (χ3v) is 18.6. The van der Waals surface area contributed by atoms with E-state index in [1.165, 1.54) is 40.6 Å². The summed E-state index contributed by atoms with van der Waals surface area (Å²) in [6.45, 7) is 7.06. The smallest absolute Gasteiger partial charge is 0.295 e. The minimum Gasteiger partial charge on any atom is -0.455 e. The van der Waals surface area contributed by atoms with E-state index in [1.54, 1.807) is 10.9 Å². The summed E-state index contributed by atoms with van der Waals surface area (Å²) >= 11 is 0. The van der Waals surface area contributed by atoms with E-state index >= 15 is 0 Å². The Morgan fingerprint density at radius 2 is 1.52 bits per heavy atom. The van der Waals surface area contributed by atoms with Crippen molar-refractivity contribution in [1.29, 1.82) is 0 Å². The Kier molecular flexibility index (Phi) is 13.8. The van der Waals surface area contributed by atoms with Gasteiger partial charge in [-0.25, -0.2) is 32.7 Å². The van der Waals surface area contributed by atoms with Crippen LogP contribution >= 0.6 is 0 Å². The van der Waals surface area contributed by atoms with Crippen molar-refractivity contribution in [3.63, 3.8) is 0 Å². The number of aliphatic hydroxyl groups is 2. The number of carbonyl (C=O) groups is 1. The second-order valence-electron chi connectivity index (χ2n) is 21.4. The van der Waals surface area contributed by atoms with Gasteiger partial charge in [0.2, 0.25) is 15.4 Å². The summed E-state index contributed by atoms with van der Waals surface area (Å²) in [5.41, 5.74) is 8.50. The van der Waals surface area contributed by atoms with Gasteiger partial charge < -0.3 is 29.9 Å². The molecule has 3 aromatic carbocycles. The highest BCUT2D eigenvalue weighted by Gasteiger charge is 2.46. The second-order valence-corrected chi connectivity index (χ2v) is 24.5. The molecular weight excluding hydrogens is 999 g/mol. The average Bonchev–Trinajstić information content (AvgIpc) is 4.06. The number of benzene rings is 3. The number of imidazole rings is 1. The van der Waals surface area contributed by atoms with Gasteiger partial charge in [0.15, 0.2) is 23.2 Å². The predicted molar refractivity (Wildman–Crippen MR) is 280 cm³/mol. The lowest BCUT2D eigenvalue weighted by Crippen LogP contribution is -2.45. The molecule has 7 aliphatic rings. The lowest BCUT2D eigenvalue weighted by molar-refractivity contribution is -0.119. The number of anilines is 2. The molecule has 0 bridgehead atoms. The minimum atomic E-state index is -4.94. The first-order chi connectivity index (χ1) is 36.3. The van der Waals surface area contributed by atoms with Crippen LogP contribution in [0.1, 0.15) is 117 Å². The normalized spacial score (nSPS) is 21.9.